The van der Waals surface area contributed by atoms with Gasteiger partial charge in [-0.25, -0.2) is 9.97 Å². The van der Waals surface area contributed by atoms with E-state index in [0.717, 1.165) is 40.9 Å². The first-order valence-electron chi connectivity index (χ1n) is 8.72. The van der Waals surface area contributed by atoms with Crippen molar-refractivity contribution in [3.63, 3.8) is 0 Å². The highest BCUT2D eigenvalue weighted by Crippen LogP contribution is 2.24. The summed E-state index contributed by atoms with van der Waals surface area (Å²) in [5, 5.41) is 7.83. The van der Waals surface area contributed by atoms with Crippen LogP contribution in [0, 0.1) is 0 Å². The molecule has 0 aliphatic heterocycles. The molecular weight excluding hydrogens is 344 g/mol. The molecule has 0 saturated carbocycles. The van der Waals surface area contributed by atoms with Crippen molar-refractivity contribution in [2.75, 3.05) is 22.9 Å². The Bertz CT molecular complexity index is 913. The number of nitrogens with zero attached hydrogens (tertiary/aromatic N) is 2. The molecule has 26 heavy (non-hydrogen) atoms. The van der Waals surface area contributed by atoms with E-state index in [1.807, 2.05) is 55.5 Å². The summed E-state index contributed by atoms with van der Waals surface area (Å²) in [4.78, 5) is 21.5. The third-order valence-corrected chi connectivity index (χ3v) is 4.78. The predicted molar refractivity (Wildman–Crippen MR) is 109 cm³/mol. The van der Waals surface area contributed by atoms with Crippen LogP contribution in [0.2, 0.25) is 0 Å². The summed E-state index contributed by atoms with van der Waals surface area (Å²) in [5.41, 5.74) is 2.87. The van der Waals surface area contributed by atoms with Crippen molar-refractivity contribution < 1.29 is 4.79 Å². The summed E-state index contributed by atoms with van der Waals surface area (Å²) in [5.74, 6) is 1.01. The monoisotopic (exact) mass is 366 g/mol. The molecular formula is C20H22N4OS. The first-order valence-corrected chi connectivity index (χ1v) is 9.71. The van der Waals surface area contributed by atoms with Gasteiger partial charge in [-0.15, -0.1) is 0 Å². The number of thioether (sulfide) groups is 1. The molecule has 5 nitrogen and oxygen atoms in total. The Morgan fingerprint density at radius 2 is 1.81 bits per heavy atom. The maximum absolute atomic E-state index is 12.3. The number of para-hydroxylation sites is 2. The molecule has 0 fully saturated rings. The Morgan fingerprint density at radius 1 is 1.04 bits per heavy atom. The van der Waals surface area contributed by atoms with Crippen LogP contribution < -0.4 is 10.6 Å². The van der Waals surface area contributed by atoms with E-state index in [1.165, 1.54) is 11.8 Å². The van der Waals surface area contributed by atoms with E-state index in [1.54, 1.807) is 0 Å². The zero-order chi connectivity index (χ0) is 18.4. The molecule has 1 heterocycles. The van der Waals surface area contributed by atoms with Gasteiger partial charge in [-0.2, -0.15) is 0 Å². The number of aromatic nitrogens is 2. The SMILES string of the molecule is CCNc1nc(SCC(=O)Nc2ccccc2CC)nc2ccccc12. The molecule has 0 spiro atoms. The number of hydrogen-bond donors (Lipinski definition) is 2. The van der Waals surface area contributed by atoms with E-state index >= 15 is 0 Å². The predicted octanol–water partition coefficient (Wildman–Crippen LogP) is 4.35. The molecule has 0 atom stereocenters. The zero-order valence-corrected chi connectivity index (χ0v) is 15.8. The maximum Gasteiger partial charge on any atom is 0.234 e. The summed E-state index contributed by atoms with van der Waals surface area (Å²) in [6.45, 7) is 4.88. The van der Waals surface area contributed by atoms with Gasteiger partial charge in [-0.1, -0.05) is 49.0 Å². The minimum absolute atomic E-state index is 0.0577. The molecule has 0 aliphatic rings. The Kier molecular flexibility index (Phi) is 6.07. The number of benzene rings is 2. The normalized spacial score (nSPS) is 10.7. The van der Waals surface area contributed by atoms with Gasteiger partial charge in [0, 0.05) is 17.6 Å². The van der Waals surface area contributed by atoms with Crippen LogP contribution in [0.25, 0.3) is 10.9 Å². The van der Waals surface area contributed by atoms with Crippen molar-refractivity contribution in [2.45, 2.75) is 25.4 Å². The molecule has 134 valence electrons. The molecule has 0 bridgehead atoms. The van der Waals surface area contributed by atoms with Crippen LogP contribution >= 0.6 is 11.8 Å². The summed E-state index contributed by atoms with van der Waals surface area (Å²) in [6.07, 6.45) is 0.878. The fourth-order valence-corrected chi connectivity index (χ4v) is 3.34. The van der Waals surface area contributed by atoms with Crippen molar-refractivity contribution in [1.29, 1.82) is 0 Å². The van der Waals surface area contributed by atoms with Gasteiger partial charge in [0.25, 0.3) is 0 Å². The maximum atomic E-state index is 12.3. The van der Waals surface area contributed by atoms with E-state index in [2.05, 4.69) is 27.5 Å². The van der Waals surface area contributed by atoms with E-state index < -0.39 is 0 Å². The fraction of sp³-hybridized carbons (Fsp3) is 0.250. The third kappa shape index (κ3) is 4.32. The molecule has 0 aliphatic carbocycles. The minimum atomic E-state index is -0.0577. The smallest absolute Gasteiger partial charge is 0.234 e. The lowest BCUT2D eigenvalue weighted by Crippen LogP contribution is -2.15. The van der Waals surface area contributed by atoms with Crippen LogP contribution in [-0.4, -0.2) is 28.2 Å². The Morgan fingerprint density at radius 3 is 2.62 bits per heavy atom. The zero-order valence-electron chi connectivity index (χ0n) is 15.0. The lowest BCUT2D eigenvalue weighted by Gasteiger charge is -2.10. The van der Waals surface area contributed by atoms with E-state index in [4.69, 9.17) is 0 Å². The van der Waals surface area contributed by atoms with Crippen LogP contribution in [0.1, 0.15) is 19.4 Å². The number of hydrogen-bond acceptors (Lipinski definition) is 5. The number of amides is 1. The fourth-order valence-electron chi connectivity index (χ4n) is 2.69. The quantitative estimate of drug-likeness (QED) is 0.480. The highest BCUT2D eigenvalue weighted by atomic mass is 32.2. The topological polar surface area (TPSA) is 66.9 Å². The highest BCUT2D eigenvalue weighted by molar-refractivity contribution is 7.99. The van der Waals surface area contributed by atoms with E-state index in [9.17, 15) is 4.79 Å². The molecule has 2 aromatic carbocycles. The van der Waals surface area contributed by atoms with Crippen molar-refractivity contribution in [3.05, 3.63) is 54.1 Å². The van der Waals surface area contributed by atoms with Gasteiger partial charge in [-0.3, -0.25) is 4.79 Å². The molecule has 0 saturated heterocycles. The second-order valence-electron chi connectivity index (χ2n) is 5.75. The third-order valence-electron chi connectivity index (χ3n) is 3.93. The summed E-state index contributed by atoms with van der Waals surface area (Å²) in [7, 11) is 0. The Balaban J connectivity index is 1.72. The molecule has 1 aromatic heterocycles. The number of carbonyl (C=O) groups is 1. The Hall–Kier alpha value is -2.60. The first kappa shape index (κ1) is 18.2. The van der Waals surface area contributed by atoms with Crippen molar-refractivity contribution in [3.8, 4) is 0 Å². The number of fused-ring (bicyclic) bond motifs is 1. The number of rotatable bonds is 7. The summed E-state index contributed by atoms with van der Waals surface area (Å²) in [6, 6.07) is 15.7. The van der Waals surface area contributed by atoms with Gasteiger partial charge >= 0.3 is 0 Å². The van der Waals surface area contributed by atoms with Crippen LogP contribution in [0.4, 0.5) is 11.5 Å². The molecule has 0 radical (unpaired) electrons. The van der Waals surface area contributed by atoms with E-state index in [0.29, 0.717) is 5.16 Å². The summed E-state index contributed by atoms with van der Waals surface area (Å²) < 4.78 is 0. The van der Waals surface area contributed by atoms with Gasteiger partial charge in [0.1, 0.15) is 5.82 Å². The van der Waals surface area contributed by atoms with Gasteiger partial charge in [-0.05, 0) is 37.1 Å². The molecule has 3 aromatic rings. The van der Waals surface area contributed by atoms with Crippen LogP contribution in [0.3, 0.4) is 0 Å². The van der Waals surface area contributed by atoms with Crippen LogP contribution in [-0.2, 0) is 11.2 Å². The van der Waals surface area contributed by atoms with Crippen molar-refractivity contribution in [2.24, 2.45) is 0 Å². The lowest BCUT2D eigenvalue weighted by atomic mass is 10.1. The molecule has 0 unspecified atom stereocenters. The summed E-state index contributed by atoms with van der Waals surface area (Å²) >= 11 is 1.34. The number of aryl methyl sites for hydroxylation is 1. The number of anilines is 2. The van der Waals surface area contributed by atoms with Gasteiger partial charge in [0.2, 0.25) is 5.91 Å². The number of nitrogens with one attached hydrogen (secondary N) is 2. The average Bonchev–Trinajstić information content (AvgIpc) is 2.67. The first-order chi connectivity index (χ1) is 12.7. The minimum Gasteiger partial charge on any atom is -0.370 e. The molecule has 6 heteroatoms. The number of carbonyl (C=O) groups excluding carboxylic acids is 1. The van der Waals surface area contributed by atoms with Gasteiger partial charge in [0.05, 0.1) is 11.3 Å². The molecule has 3 rings (SSSR count). The second kappa shape index (κ2) is 8.67. The molecule has 1 amide bonds. The van der Waals surface area contributed by atoms with Crippen molar-refractivity contribution in [1.82, 2.24) is 9.97 Å². The average molecular weight is 366 g/mol. The standard InChI is InChI=1S/C20H22N4OS/c1-3-14-9-5-7-11-16(14)22-18(25)13-26-20-23-17-12-8-6-10-15(17)19(24-20)21-4-2/h5-12H,3-4,13H2,1-2H3,(H,22,25)(H,21,23,24). The van der Waals surface area contributed by atoms with E-state index in [-0.39, 0.29) is 11.7 Å². The highest BCUT2D eigenvalue weighted by Gasteiger charge is 2.11. The lowest BCUT2D eigenvalue weighted by molar-refractivity contribution is -0.113. The van der Waals surface area contributed by atoms with Crippen LogP contribution in [0.15, 0.2) is 53.7 Å². The Labute approximate surface area is 157 Å². The van der Waals surface area contributed by atoms with Gasteiger partial charge in [0.15, 0.2) is 5.16 Å². The second-order valence-corrected chi connectivity index (χ2v) is 6.69. The molecule has 2 N–H and O–H groups in total. The largest absolute Gasteiger partial charge is 0.370 e. The van der Waals surface area contributed by atoms with Crippen LogP contribution in [0.5, 0.6) is 0 Å². The van der Waals surface area contributed by atoms with Crippen molar-refractivity contribution >= 4 is 40.1 Å². The van der Waals surface area contributed by atoms with Gasteiger partial charge < -0.3 is 10.6 Å².